The monoisotopic (exact) mass is 252 g/mol. The first-order valence-electron chi connectivity index (χ1n) is 5.99. The van der Waals surface area contributed by atoms with Crippen molar-refractivity contribution in [3.8, 4) is 0 Å². The van der Waals surface area contributed by atoms with E-state index in [1.165, 1.54) is 12.3 Å². The second-order valence-electron chi connectivity index (χ2n) is 5.62. The lowest BCUT2D eigenvalue weighted by molar-refractivity contribution is 0.195. The van der Waals surface area contributed by atoms with Crippen LogP contribution in [0.3, 0.4) is 0 Å². The smallest absolute Gasteiger partial charge is 0.412 e. The lowest BCUT2D eigenvalue weighted by atomic mass is 10.1. The van der Waals surface area contributed by atoms with E-state index in [9.17, 15) is 14.3 Å². The number of pyridine rings is 1. The molecule has 1 amide bonds. The number of nitrogens with zero attached hydrogens (tertiary/aromatic N) is 2. The molecule has 0 aromatic carbocycles. The maximum Gasteiger partial charge on any atom is 0.412 e. The molecule has 98 valence electrons. The summed E-state index contributed by atoms with van der Waals surface area (Å²) in [5, 5.41) is 9.22. The normalized spacial score (nSPS) is 15.6. The fourth-order valence-electron chi connectivity index (χ4n) is 2.00. The van der Waals surface area contributed by atoms with Gasteiger partial charge in [-0.05, 0) is 33.6 Å². The predicted octanol–water partition coefficient (Wildman–Crippen LogP) is 3.38. The van der Waals surface area contributed by atoms with Crippen LogP contribution in [0.5, 0.6) is 0 Å². The lowest BCUT2D eigenvalue weighted by Gasteiger charge is -2.32. The van der Waals surface area contributed by atoms with Gasteiger partial charge in [0.15, 0.2) is 0 Å². The van der Waals surface area contributed by atoms with E-state index in [4.69, 9.17) is 0 Å². The van der Waals surface area contributed by atoms with Crippen LogP contribution >= 0.6 is 0 Å². The van der Waals surface area contributed by atoms with Gasteiger partial charge in [0, 0.05) is 17.5 Å². The molecule has 0 atom stereocenters. The summed E-state index contributed by atoms with van der Waals surface area (Å²) < 4.78 is 13.9. The van der Waals surface area contributed by atoms with E-state index in [0.29, 0.717) is 5.69 Å². The topological polar surface area (TPSA) is 53.4 Å². The number of hydrogen-bond acceptors (Lipinski definition) is 2. The summed E-state index contributed by atoms with van der Waals surface area (Å²) in [6, 6.07) is 1.26. The standard InChI is InChI=1S/C13H17FN2O2/c1-13(2,3)16(12(17)18)9-6-10(14)11(15-7-9)8-4-5-8/h6-8H,4-5H2,1-3H3,(H,17,18). The Morgan fingerprint density at radius 3 is 2.50 bits per heavy atom. The minimum Gasteiger partial charge on any atom is -0.465 e. The molecular weight excluding hydrogens is 235 g/mol. The summed E-state index contributed by atoms with van der Waals surface area (Å²) in [6.07, 6.45) is 2.26. The largest absolute Gasteiger partial charge is 0.465 e. The summed E-state index contributed by atoms with van der Waals surface area (Å²) in [5.74, 6) is -0.197. The molecule has 0 saturated heterocycles. The second-order valence-corrected chi connectivity index (χ2v) is 5.62. The van der Waals surface area contributed by atoms with Gasteiger partial charge in [-0.3, -0.25) is 9.88 Å². The summed E-state index contributed by atoms with van der Waals surface area (Å²) in [4.78, 5) is 16.5. The van der Waals surface area contributed by atoms with Gasteiger partial charge in [-0.15, -0.1) is 0 Å². The van der Waals surface area contributed by atoms with Crippen molar-refractivity contribution in [1.29, 1.82) is 0 Å². The molecule has 18 heavy (non-hydrogen) atoms. The van der Waals surface area contributed by atoms with Crippen LogP contribution in [0.25, 0.3) is 0 Å². The molecule has 5 heteroatoms. The Labute approximate surface area is 105 Å². The number of halogens is 1. The van der Waals surface area contributed by atoms with Crippen LogP contribution in [0.4, 0.5) is 14.9 Å². The minimum absolute atomic E-state index is 0.215. The summed E-state index contributed by atoms with van der Waals surface area (Å²) >= 11 is 0. The minimum atomic E-state index is -1.11. The molecule has 1 aliphatic rings. The van der Waals surface area contributed by atoms with Gasteiger partial charge < -0.3 is 5.11 Å². The average Bonchev–Trinajstić information content (AvgIpc) is 2.98. The van der Waals surface area contributed by atoms with E-state index in [1.54, 1.807) is 20.8 Å². The highest BCUT2D eigenvalue weighted by Gasteiger charge is 2.31. The second kappa shape index (κ2) is 4.23. The van der Waals surface area contributed by atoms with Crippen molar-refractivity contribution >= 4 is 11.8 Å². The van der Waals surface area contributed by atoms with Crippen LogP contribution in [-0.4, -0.2) is 21.7 Å². The molecular formula is C13H17FN2O2. The van der Waals surface area contributed by atoms with E-state index >= 15 is 0 Å². The van der Waals surface area contributed by atoms with Gasteiger partial charge in [-0.1, -0.05) is 0 Å². The lowest BCUT2D eigenvalue weighted by Crippen LogP contribution is -2.45. The van der Waals surface area contributed by atoms with Crippen molar-refractivity contribution in [1.82, 2.24) is 4.98 Å². The van der Waals surface area contributed by atoms with Crippen LogP contribution in [0.15, 0.2) is 12.3 Å². The van der Waals surface area contributed by atoms with Crippen LogP contribution in [0.1, 0.15) is 45.2 Å². The Balaban J connectivity index is 2.37. The number of carbonyl (C=O) groups is 1. The number of rotatable bonds is 2. The van der Waals surface area contributed by atoms with Crippen LogP contribution < -0.4 is 4.90 Å². The summed E-state index contributed by atoms with van der Waals surface area (Å²) in [7, 11) is 0. The van der Waals surface area contributed by atoms with Gasteiger partial charge >= 0.3 is 6.09 Å². The Hall–Kier alpha value is -1.65. The van der Waals surface area contributed by atoms with Crippen LogP contribution in [-0.2, 0) is 0 Å². The first-order chi connectivity index (χ1) is 8.30. The summed E-state index contributed by atoms with van der Waals surface area (Å²) in [5.41, 5.74) is 0.0935. The van der Waals surface area contributed by atoms with Crippen LogP contribution in [0.2, 0.25) is 0 Å². The highest BCUT2D eigenvalue weighted by Crippen LogP contribution is 2.40. The molecule has 0 unspecified atom stereocenters. The Morgan fingerprint density at radius 1 is 1.50 bits per heavy atom. The van der Waals surface area contributed by atoms with Crippen molar-refractivity contribution in [3.63, 3.8) is 0 Å². The van der Waals surface area contributed by atoms with Gasteiger partial charge in [0.25, 0.3) is 0 Å². The molecule has 1 saturated carbocycles. The maximum atomic E-state index is 13.9. The fraction of sp³-hybridized carbons (Fsp3) is 0.538. The van der Waals surface area contributed by atoms with Crippen molar-refractivity contribution in [3.05, 3.63) is 23.8 Å². The summed E-state index contributed by atoms with van der Waals surface area (Å²) in [6.45, 7) is 5.27. The number of aromatic nitrogens is 1. The molecule has 0 radical (unpaired) electrons. The number of carboxylic acid groups (broad SMARTS) is 1. The van der Waals surface area contributed by atoms with E-state index in [2.05, 4.69) is 4.98 Å². The van der Waals surface area contributed by atoms with Crippen LogP contribution in [0, 0.1) is 5.82 Å². The highest BCUT2D eigenvalue weighted by atomic mass is 19.1. The molecule has 1 fully saturated rings. The molecule has 1 aromatic heterocycles. The third kappa shape index (κ3) is 2.44. The van der Waals surface area contributed by atoms with Crippen molar-refractivity contribution in [2.24, 2.45) is 0 Å². The van der Waals surface area contributed by atoms with Crippen molar-refractivity contribution in [2.45, 2.75) is 45.1 Å². The third-order valence-corrected chi connectivity index (χ3v) is 2.94. The highest BCUT2D eigenvalue weighted by molar-refractivity contribution is 5.87. The zero-order chi connectivity index (χ0) is 13.5. The quantitative estimate of drug-likeness (QED) is 0.877. The van der Waals surface area contributed by atoms with E-state index in [0.717, 1.165) is 17.7 Å². The van der Waals surface area contributed by atoms with E-state index < -0.39 is 17.4 Å². The molecule has 0 spiro atoms. The van der Waals surface area contributed by atoms with E-state index in [-0.39, 0.29) is 11.6 Å². The Bertz CT molecular complexity index is 478. The van der Waals surface area contributed by atoms with Gasteiger partial charge in [-0.2, -0.15) is 0 Å². The predicted molar refractivity (Wildman–Crippen MR) is 66.4 cm³/mol. The maximum absolute atomic E-state index is 13.9. The Kier molecular flexibility index (Phi) is 3.00. The zero-order valence-electron chi connectivity index (χ0n) is 10.8. The molecule has 0 aliphatic heterocycles. The molecule has 0 bridgehead atoms. The molecule has 1 heterocycles. The SMILES string of the molecule is CC(C)(C)N(C(=O)O)c1cnc(C2CC2)c(F)c1. The van der Waals surface area contributed by atoms with Gasteiger partial charge in [0.2, 0.25) is 0 Å². The van der Waals surface area contributed by atoms with E-state index in [1.807, 2.05) is 0 Å². The molecule has 2 rings (SSSR count). The van der Waals surface area contributed by atoms with Gasteiger partial charge in [0.1, 0.15) is 5.82 Å². The third-order valence-electron chi connectivity index (χ3n) is 2.94. The van der Waals surface area contributed by atoms with Crippen molar-refractivity contribution in [2.75, 3.05) is 4.90 Å². The molecule has 1 aromatic rings. The fourth-order valence-corrected chi connectivity index (χ4v) is 2.00. The molecule has 1 N–H and O–H groups in total. The number of amides is 1. The zero-order valence-corrected chi connectivity index (χ0v) is 10.8. The number of hydrogen-bond donors (Lipinski definition) is 1. The molecule has 4 nitrogen and oxygen atoms in total. The first-order valence-corrected chi connectivity index (χ1v) is 5.99. The van der Waals surface area contributed by atoms with Gasteiger partial charge in [0.05, 0.1) is 17.6 Å². The number of anilines is 1. The molecule has 1 aliphatic carbocycles. The average molecular weight is 252 g/mol. The first kappa shape index (κ1) is 12.8. The van der Waals surface area contributed by atoms with Crippen molar-refractivity contribution < 1.29 is 14.3 Å². The van der Waals surface area contributed by atoms with Gasteiger partial charge in [-0.25, -0.2) is 9.18 Å². The Morgan fingerprint density at radius 2 is 2.11 bits per heavy atom.